The normalized spacial score (nSPS) is 35.2. The minimum absolute atomic E-state index is 0.322. The van der Waals surface area contributed by atoms with Crippen LogP contribution in [0.3, 0.4) is 0 Å². The van der Waals surface area contributed by atoms with Gasteiger partial charge in [0.25, 0.3) is 0 Å². The first kappa shape index (κ1) is 15.5. The molecule has 0 aromatic rings. The molecule has 0 N–H and O–H groups in total. The molecule has 0 bridgehead atoms. The van der Waals surface area contributed by atoms with Crippen LogP contribution in [0.1, 0.15) is 0 Å². The van der Waals surface area contributed by atoms with Crippen LogP contribution in [-0.2, 0) is 27.6 Å². The van der Waals surface area contributed by atoms with E-state index in [2.05, 4.69) is 37.9 Å². The van der Waals surface area contributed by atoms with E-state index in [4.69, 9.17) is 27.6 Å². The van der Waals surface area contributed by atoms with E-state index < -0.39 is 12.6 Å². The van der Waals surface area contributed by atoms with Crippen LogP contribution in [0.2, 0.25) is 0 Å². The molecule has 6 nitrogen and oxygen atoms in total. The molecule has 0 amide bonds. The van der Waals surface area contributed by atoms with Gasteiger partial charge in [-0.1, -0.05) is 0 Å². The van der Waals surface area contributed by atoms with Gasteiger partial charge in [0.05, 0.1) is 13.2 Å². The van der Waals surface area contributed by atoms with Crippen molar-refractivity contribution in [1.82, 2.24) is 0 Å². The largest absolute Gasteiger partial charge is 0.363 e. The van der Waals surface area contributed by atoms with Crippen LogP contribution < -0.4 is 0 Å². The van der Waals surface area contributed by atoms with E-state index in [1.165, 1.54) is 0 Å². The lowest BCUT2D eigenvalue weighted by Crippen LogP contribution is -2.52. The predicted octanol–water partition coefficient (Wildman–Crippen LogP) is 0.649. The first-order chi connectivity index (χ1) is 7.76. The zero-order valence-electron chi connectivity index (χ0n) is 8.48. The number of ether oxygens (including phenoxy) is 2. The van der Waals surface area contributed by atoms with Crippen molar-refractivity contribution in [2.45, 2.75) is 24.8 Å². The highest BCUT2D eigenvalue weighted by molar-refractivity contribution is 7.10. The number of hydrogen-bond donors (Lipinski definition) is 0. The molecule has 0 aliphatic carbocycles. The van der Waals surface area contributed by atoms with E-state index in [9.17, 15) is 0 Å². The lowest BCUT2D eigenvalue weighted by Gasteiger charge is -2.39. The molecule has 0 spiro atoms. The first-order valence-corrected chi connectivity index (χ1v) is 6.30. The first-order valence-electron chi connectivity index (χ1n) is 4.42. The lowest BCUT2D eigenvalue weighted by molar-refractivity contribution is -0.317. The summed E-state index contributed by atoms with van der Waals surface area (Å²) >= 11 is 0. The summed E-state index contributed by atoms with van der Waals surface area (Å²) in [5, 5.41) is 0. The Balaban J connectivity index is 2.59. The Kier molecular flexibility index (Phi) is 8.31. The zero-order valence-corrected chi connectivity index (χ0v) is 13.1. The Morgan fingerprint density at radius 2 is 1.12 bits per heavy atom. The number of hydrogen-bond acceptors (Lipinski definition) is 6. The third kappa shape index (κ3) is 4.30. The molecule has 0 aromatic carbocycles. The molecule has 1 fully saturated rings. The SMILES string of the molecule is POCC1OC(OP)C(COP)OC1OP. The summed E-state index contributed by atoms with van der Waals surface area (Å²) in [6.07, 6.45) is -1.79. The van der Waals surface area contributed by atoms with Gasteiger partial charge in [0.15, 0.2) is 12.6 Å². The maximum absolute atomic E-state index is 5.61. The molecule has 1 heterocycles. The van der Waals surface area contributed by atoms with Crippen LogP contribution >= 0.6 is 37.9 Å². The van der Waals surface area contributed by atoms with Crippen LogP contribution in [-0.4, -0.2) is 38.0 Å². The fraction of sp³-hybridized carbons (Fsp3) is 1.00. The summed E-state index contributed by atoms with van der Waals surface area (Å²) in [5.41, 5.74) is 0. The molecule has 1 saturated heterocycles. The summed E-state index contributed by atoms with van der Waals surface area (Å²) in [6.45, 7) is 0.644. The average molecular weight is 308 g/mol. The quantitative estimate of drug-likeness (QED) is 0.672. The second kappa shape index (κ2) is 8.56. The fourth-order valence-corrected chi connectivity index (χ4v) is 2.17. The maximum atomic E-state index is 5.61. The van der Waals surface area contributed by atoms with Gasteiger partial charge in [0, 0.05) is 37.9 Å². The third-order valence-electron chi connectivity index (χ3n) is 2.01. The van der Waals surface area contributed by atoms with Crippen molar-refractivity contribution in [2.75, 3.05) is 13.2 Å². The average Bonchev–Trinajstić information content (AvgIpc) is 2.31. The molecule has 1 aliphatic heterocycles. The molecule has 0 saturated carbocycles. The molecule has 16 heavy (non-hydrogen) atoms. The van der Waals surface area contributed by atoms with E-state index in [0.717, 1.165) is 0 Å². The van der Waals surface area contributed by atoms with E-state index in [-0.39, 0.29) is 12.2 Å². The van der Waals surface area contributed by atoms with Crippen LogP contribution in [0.4, 0.5) is 0 Å². The molecule has 10 heteroatoms. The molecule has 1 rings (SSSR count). The molecule has 0 radical (unpaired) electrons. The highest BCUT2D eigenvalue weighted by atomic mass is 31.0. The van der Waals surface area contributed by atoms with Gasteiger partial charge in [-0.2, -0.15) is 0 Å². The predicted molar refractivity (Wildman–Crippen MR) is 70.2 cm³/mol. The van der Waals surface area contributed by atoms with E-state index in [1.807, 2.05) is 0 Å². The minimum Gasteiger partial charge on any atom is -0.363 e. The van der Waals surface area contributed by atoms with Gasteiger partial charge in [-0.05, 0) is 0 Å². The van der Waals surface area contributed by atoms with Gasteiger partial charge in [-0.3, -0.25) is 0 Å². The lowest BCUT2D eigenvalue weighted by atomic mass is 10.2. The van der Waals surface area contributed by atoms with Crippen molar-refractivity contribution in [3.8, 4) is 0 Å². The van der Waals surface area contributed by atoms with Crippen LogP contribution in [0.25, 0.3) is 0 Å². The van der Waals surface area contributed by atoms with Crippen molar-refractivity contribution in [1.29, 1.82) is 0 Å². The Morgan fingerprint density at radius 1 is 0.750 bits per heavy atom. The summed E-state index contributed by atoms with van der Waals surface area (Å²) in [7, 11) is 8.58. The van der Waals surface area contributed by atoms with Gasteiger partial charge in [-0.25, -0.2) is 0 Å². The summed E-state index contributed by atoms with van der Waals surface area (Å²) in [6, 6.07) is 0. The van der Waals surface area contributed by atoms with Crippen molar-refractivity contribution < 1.29 is 27.6 Å². The van der Waals surface area contributed by atoms with Gasteiger partial charge < -0.3 is 27.6 Å². The topological polar surface area (TPSA) is 55.4 Å². The van der Waals surface area contributed by atoms with Crippen LogP contribution in [0, 0.1) is 0 Å². The van der Waals surface area contributed by atoms with Gasteiger partial charge in [0.2, 0.25) is 0 Å². The van der Waals surface area contributed by atoms with Crippen LogP contribution in [0.5, 0.6) is 0 Å². The summed E-state index contributed by atoms with van der Waals surface area (Å²) < 4.78 is 31.2. The van der Waals surface area contributed by atoms with Crippen molar-refractivity contribution in [3.05, 3.63) is 0 Å². The van der Waals surface area contributed by atoms with Crippen molar-refractivity contribution >= 4 is 37.9 Å². The molecular formula is C6H16O6P4. The zero-order chi connectivity index (χ0) is 12.0. The monoisotopic (exact) mass is 308 g/mol. The summed E-state index contributed by atoms with van der Waals surface area (Å²) in [5.74, 6) is 0. The molecule has 8 unspecified atom stereocenters. The fourth-order valence-electron chi connectivity index (χ4n) is 1.31. The van der Waals surface area contributed by atoms with Crippen LogP contribution in [0.15, 0.2) is 0 Å². The standard InChI is InChI=1S/C6H16O6P4/c13-7-1-3-5(11-15)10-4(2-8-14)6(9-3)12-16/h3-6H,1-2,13-16H2. The van der Waals surface area contributed by atoms with Crippen molar-refractivity contribution in [3.63, 3.8) is 0 Å². The van der Waals surface area contributed by atoms with Gasteiger partial charge in [-0.15, -0.1) is 0 Å². The molecule has 0 aromatic heterocycles. The molecule has 96 valence electrons. The molecule has 8 atom stereocenters. The van der Waals surface area contributed by atoms with E-state index in [0.29, 0.717) is 13.2 Å². The molecular weight excluding hydrogens is 292 g/mol. The second-order valence-corrected chi connectivity index (χ2v) is 4.24. The number of rotatable bonds is 6. The Labute approximate surface area is 104 Å². The molecule has 1 aliphatic rings. The Hall–Kier alpha value is 1.48. The second-order valence-electron chi connectivity index (χ2n) is 3.02. The Morgan fingerprint density at radius 3 is 1.38 bits per heavy atom. The Bertz CT molecular complexity index is 178. The third-order valence-corrected chi connectivity index (χ3v) is 2.94. The van der Waals surface area contributed by atoms with Gasteiger partial charge >= 0.3 is 0 Å². The highest BCUT2D eigenvalue weighted by Gasteiger charge is 2.39. The summed E-state index contributed by atoms with van der Waals surface area (Å²) in [4.78, 5) is 0. The minimum atomic E-state index is -0.535. The van der Waals surface area contributed by atoms with Gasteiger partial charge in [0.1, 0.15) is 12.2 Å². The maximum Gasteiger partial charge on any atom is 0.189 e. The van der Waals surface area contributed by atoms with Crippen molar-refractivity contribution in [2.24, 2.45) is 0 Å². The smallest absolute Gasteiger partial charge is 0.189 e. The van der Waals surface area contributed by atoms with E-state index in [1.54, 1.807) is 0 Å². The highest BCUT2D eigenvalue weighted by Crippen LogP contribution is 2.26. The van der Waals surface area contributed by atoms with E-state index >= 15 is 0 Å².